The quantitative estimate of drug-likeness (QED) is 0.397. The van der Waals surface area contributed by atoms with Crippen LogP contribution in [0.3, 0.4) is 0 Å². The largest absolute Gasteiger partial charge is 0.455 e. The number of allylic oxidation sites excluding steroid dienone is 1. The minimum absolute atomic E-state index is 0.646. The van der Waals surface area contributed by atoms with Gasteiger partial charge in [0.1, 0.15) is 6.10 Å². The van der Waals surface area contributed by atoms with Crippen molar-refractivity contribution < 1.29 is 42.9 Å². The lowest BCUT2D eigenvalue weighted by Crippen LogP contribution is -2.61. The Kier molecular flexibility index (Phi) is 7.56. The molecule has 0 saturated carbocycles. The van der Waals surface area contributed by atoms with E-state index in [1.165, 1.54) is 6.92 Å². The lowest BCUT2D eigenvalue weighted by Gasteiger charge is -2.43. The summed E-state index contributed by atoms with van der Waals surface area (Å²) in [6, 6.07) is 0. The standard InChI is InChI=1S/C16H22O9/c1-6-7-12-13(21-8(2)17)14(22-9(3)18)15(23-10(4)19)16(25-12)24-11(5)20/h6-7,12-16H,1-5H3/b7-6+/t12-,13+,14+,15-,16?/m0/s1. The minimum atomic E-state index is -1.33. The molecule has 1 rings (SSSR count). The van der Waals surface area contributed by atoms with Crippen molar-refractivity contribution in [3.05, 3.63) is 12.2 Å². The number of carbonyl (C=O) groups excluding carboxylic acids is 4. The Morgan fingerprint density at radius 2 is 1.16 bits per heavy atom. The smallest absolute Gasteiger partial charge is 0.305 e. The molecule has 1 unspecified atom stereocenters. The van der Waals surface area contributed by atoms with Crippen LogP contribution in [-0.2, 0) is 42.9 Å². The first-order valence-corrected chi connectivity index (χ1v) is 7.62. The molecule has 1 saturated heterocycles. The van der Waals surface area contributed by atoms with Crippen LogP contribution in [0.4, 0.5) is 0 Å². The van der Waals surface area contributed by atoms with Crippen LogP contribution < -0.4 is 0 Å². The zero-order valence-corrected chi connectivity index (χ0v) is 14.7. The molecular weight excluding hydrogens is 336 g/mol. The van der Waals surface area contributed by atoms with E-state index in [1.807, 2.05) is 0 Å². The van der Waals surface area contributed by atoms with Crippen LogP contribution in [0.1, 0.15) is 34.6 Å². The van der Waals surface area contributed by atoms with Gasteiger partial charge in [-0.2, -0.15) is 0 Å². The van der Waals surface area contributed by atoms with Gasteiger partial charge in [-0.1, -0.05) is 12.2 Å². The van der Waals surface area contributed by atoms with Crippen molar-refractivity contribution in [3.8, 4) is 0 Å². The van der Waals surface area contributed by atoms with Crippen LogP contribution in [-0.4, -0.2) is 54.6 Å². The van der Waals surface area contributed by atoms with E-state index in [-0.39, 0.29) is 0 Å². The summed E-state index contributed by atoms with van der Waals surface area (Å²) in [5, 5.41) is 0. The average Bonchev–Trinajstić information content (AvgIpc) is 2.45. The van der Waals surface area contributed by atoms with E-state index in [4.69, 9.17) is 23.7 Å². The van der Waals surface area contributed by atoms with E-state index in [1.54, 1.807) is 19.1 Å². The summed E-state index contributed by atoms with van der Waals surface area (Å²) in [5.74, 6) is -2.74. The first-order chi connectivity index (χ1) is 11.6. The summed E-state index contributed by atoms with van der Waals surface area (Å²) in [6.45, 7) is 6.31. The molecule has 0 N–H and O–H groups in total. The average molecular weight is 358 g/mol. The molecule has 0 aromatic carbocycles. The molecule has 0 aromatic heterocycles. The molecule has 1 heterocycles. The number of carbonyl (C=O) groups is 4. The van der Waals surface area contributed by atoms with Gasteiger partial charge in [0, 0.05) is 27.7 Å². The van der Waals surface area contributed by atoms with Crippen LogP contribution in [0.5, 0.6) is 0 Å². The fourth-order valence-corrected chi connectivity index (χ4v) is 2.41. The van der Waals surface area contributed by atoms with E-state index in [9.17, 15) is 19.2 Å². The zero-order chi connectivity index (χ0) is 19.1. The Morgan fingerprint density at radius 1 is 0.720 bits per heavy atom. The summed E-state index contributed by atoms with van der Waals surface area (Å²) >= 11 is 0. The molecule has 0 aliphatic carbocycles. The van der Waals surface area contributed by atoms with E-state index in [0.717, 1.165) is 20.8 Å². The molecule has 9 heteroatoms. The zero-order valence-electron chi connectivity index (χ0n) is 14.7. The first-order valence-electron chi connectivity index (χ1n) is 7.62. The van der Waals surface area contributed by atoms with Crippen molar-refractivity contribution in [2.75, 3.05) is 0 Å². The number of rotatable bonds is 5. The van der Waals surface area contributed by atoms with Gasteiger partial charge < -0.3 is 23.7 Å². The summed E-state index contributed by atoms with van der Waals surface area (Å²) in [4.78, 5) is 45.7. The topological polar surface area (TPSA) is 114 Å². The molecule has 9 nitrogen and oxygen atoms in total. The van der Waals surface area contributed by atoms with E-state index < -0.39 is 54.6 Å². The highest BCUT2D eigenvalue weighted by Gasteiger charge is 2.52. The molecule has 0 radical (unpaired) electrons. The molecule has 1 aliphatic heterocycles. The Bertz CT molecular complexity index is 554. The van der Waals surface area contributed by atoms with Crippen LogP contribution in [0.15, 0.2) is 12.2 Å². The molecular formula is C16H22O9. The molecule has 25 heavy (non-hydrogen) atoms. The fourth-order valence-electron chi connectivity index (χ4n) is 2.41. The predicted molar refractivity (Wildman–Crippen MR) is 81.9 cm³/mol. The highest BCUT2D eigenvalue weighted by molar-refractivity contribution is 5.69. The van der Waals surface area contributed by atoms with Crippen LogP contribution >= 0.6 is 0 Å². The lowest BCUT2D eigenvalue weighted by molar-refractivity contribution is -0.287. The SMILES string of the molecule is C/C=C/[C@@H]1OC(OC(C)=O)[C@@H](OC(C)=O)[C@H](OC(C)=O)[C@@H]1OC(C)=O. The van der Waals surface area contributed by atoms with Crippen molar-refractivity contribution in [3.63, 3.8) is 0 Å². The maximum absolute atomic E-state index is 11.5. The Balaban J connectivity index is 3.30. The van der Waals surface area contributed by atoms with E-state index in [2.05, 4.69) is 0 Å². The molecule has 0 spiro atoms. The van der Waals surface area contributed by atoms with Crippen LogP contribution in [0, 0.1) is 0 Å². The third kappa shape index (κ3) is 6.18. The van der Waals surface area contributed by atoms with Crippen molar-refractivity contribution in [2.45, 2.75) is 65.3 Å². The molecule has 0 bridgehead atoms. The second kappa shape index (κ2) is 9.16. The molecule has 1 fully saturated rings. The van der Waals surface area contributed by atoms with Gasteiger partial charge >= 0.3 is 23.9 Å². The van der Waals surface area contributed by atoms with E-state index >= 15 is 0 Å². The van der Waals surface area contributed by atoms with Gasteiger partial charge in [0.15, 0.2) is 12.2 Å². The molecule has 0 amide bonds. The number of hydrogen-bond donors (Lipinski definition) is 0. The minimum Gasteiger partial charge on any atom is -0.455 e. The normalized spacial score (nSPS) is 28.9. The third-order valence-corrected chi connectivity index (χ3v) is 3.10. The first kappa shape index (κ1) is 20.6. The van der Waals surface area contributed by atoms with Gasteiger partial charge in [0.2, 0.25) is 12.4 Å². The molecule has 140 valence electrons. The van der Waals surface area contributed by atoms with Crippen LogP contribution in [0.25, 0.3) is 0 Å². The highest BCUT2D eigenvalue weighted by atomic mass is 16.7. The Labute approximate surface area is 145 Å². The second-order valence-electron chi connectivity index (χ2n) is 5.33. The molecule has 1 aliphatic rings. The van der Waals surface area contributed by atoms with Gasteiger partial charge in [-0.15, -0.1) is 0 Å². The van der Waals surface area contributed by atoms with Gasteiger partial charge in [0.25, 0.3) is 0 Å². The van der Waals surface area contributed by atoms with E-state index in [0.29, 0.717) is 0 Å². The predicted octanol–water partition coefficient (Wildman–Crippen LogP) is 0.646. The van der Waals surface area contributed by atoms with Crippen LogP contribution in [0.2, 0.25) is 0 Å². The maximum atomic E-state index is 11.5. The summed E-state index contributed by atoms with van der Waals surface area (Å²) in [6.07, 6.45) is -2.64. The number of hydrogen-bond acceptors (Lipinski definition) is 9. The third-order valence-electron chi connectivity index (χ3n) is 3.10. The summed E-state index contributed by atoms with van der Waals surface area (Å²) in [7, 11) is 0. The molecule has 5 atom stereocenters. The Hall–Kier alpha value is -2.42. The second-order valence-corrected chi connectivity index (χ2v) is 5.33. The molecule has 0 aromatic rings. The van der Waals surface area contributed by atoms with Gasteiger partial charge in [-0.3, -0.25) is 19.2 Å². The fraction of sp³-hybridized carbons (Fsp3) is 0.625. The van der Waals surface area contributed by atoms with Crippen molar-refractivity contribution in [1.29, 1.82) is 0 Å². The monoisotopic (exact) mass is 358 g/mol. The highest BCUT2D eigenvalue weighted by Crippen LogP contribution is 2.30. The van der Waals surface area contributed by atoms with Gasteiger partial charge in [0.05, 0.1) is 0 Å². The van der Waals surface area contributed by atoms with Crippen molar-refractivity contribution in [1.82, 2.24) is 0 Å². The van der Waals surface area contributed by atoms with Gasteiger partial charge in [-0.05, 0) is 6.92 Å². The number of ether oxygens (including phenoxy) is 5. The number of esters is 4. The van der Waals surface area contributed by atoms with Crippen molar-refractivity contribution in [2.24, 2.45) is 0 Å². The maximum Gasteiger partial charge on any atom is 0.305 e. The lowest BCUT2D eigenvalue weighted by atomic mass is 9.97. The van der Waals surface area contributed by atoms with Crippen molar-refractivity contribution >= 4 is 23.9 Å². The van der Waals surface area contributed by atoms with Gasteiger partial charge in [-0.25, -0.2) is 0 Å². The Morgan fingerprint density at radius 3 is 1.60 bits per heavy atom. The summed E-state index contributed by atoms with van der Waals surface area (Å²) in [5.41, 5.74) is 0. The summed E-state index contributed by atoms with van der Waals surface area (Å²) < 4.78 is 26.2.